The van der Waals surface area contributed by atoms with Gasteiger partial charge in [-0.1, -0.05) is 53.2 Å². The number of aryl methyl sites for hydroxylation is 1. The average Bonchev–Trinajstić information content (AvgIpc) is 2.49. The quantitative estimate of drug-likeness (QED) is 0.731. The van der Waals surface area contributed by atoms with E-state index in [1.807, 2.05) is 30.3 Å². The molecule has 0 aliphatic heterocycles. The second-order valence-electron chi connectivity index (χ2n) is 4.93. The second kappa shape index (κ2) is 7.57. The van der Waals surface area contributed by atoms with Crippen molar-refractivity contribution in [2.75, 3.05) is 5.32 Å². The summed E-state index contributed by atoms with van der Waals surface area (Å²) >= 11 is 8.92. The largest absolute Gasteiger partial charge is 0.356 e. The SMILES string of the molecule is CC[C@@H](NC(=S)Nc1ccc(Br)c(C)c1)c1ccccc1. The third-order valence-electron chi connectivity index (χ3n) is 3.33. The molecule has 2 N–H and O–H groups in total. The zero-order chi connectivity index (χ0) is 15.2. The Bertz CT molecular complexity index is 613. The summed E-state index contributed by atoms with van der Waals surface area (Å²) in [7, 11) is 0. The van der Waals surface area contributed by atoms with Crippen LogP contribution in [0.15, 0.2) is 53.0 Å². The van der Waals surface area contributed by atoms with Crippen LogP contribution < -0.4 is 10.6 Å². The van der Waals surface area contributed by atoms with Gasteiger partial charge in [-0.3, -0.25) is 0 Å². The molecule has 0 saturated carbocycles. The molecule has 4 heteroatoms. The molecule has 2 rings (SSSR count). The molecular weight excluding hydrogens is 344 g/mol. The van der Waals surface area contributed by atoms with Gasteiger partial charge in [-0.2, -0.15) is 0 Å². The van der Waals surface area contributed by atoms with E-state index in [1.165, 1.54) is 11.1 Å². The highest BCUT2D eigenvalue weighted by atomic mass is 79.9. The molecule has 0 spiro atoms. The van der Waals surface area contributed by atoms with Crippen molar-refractivity contribution in [2.45, 2.75) is 26.3 Å². The molecule has 2 aromatic rings. The third kappa shape index (κ3) is 4.55. The van der Waals surface area contributed by atoms with Crippen molar-refractivity contribution < 1.29 is 0 Å². The summed E-state index contributed by atoms with van der Waals surface area (Å²) in [5.74, 6) is 0. The summed E-state index contributed by atoms with van der Waals surface area (Å²) < 4.78 is 1.10. The lowest BCUT2D eigenvalue weighted by molar-refractivity contribution is 0.629. The van der Waals surface area contributed by atoms with Crippen molar-refractivity contribution in [2.24, 2.45) is 0 Å². The van der Waals surface area contributed by atoms with Gasteiger partial charge in [-0.15, -0.1) is 0 Å². The summed E-state index contributed by atoms with van der Waals surface area (Å²) in [6.07, 6.45) is 0.977. The van der Waals surface area contributed by atoms with Gasteiger partial charge in [0.2, 0.25) is 0 Å². The van der Waals surface area contributed by atoms with Crippen LogP contribution in [0.2, 0.25) is 0 Å². The van der Waals surface area contributed by atoms with Gasteiger partial charge in [0, 0.05) is 10.2 Å². The Hall–Kier alpha value is -1.39. The Labute approximate surface area is 140 Å². The highest BCUT2D eigenvalue weighted by Gasteiger charge is 2.10. The van der Waals surface area contributed by atoms with E-state index in [4.69, 9.17) is 12.2 Å². The van der Waals surface area contributed by atoms with E-state index in [2.05, 4.69) is 58.6 Å². The second-order valence-corrected chi connectivity index (χ2v) is 6.20. The average molecular weight is 363 g/mol. The van der Waals surface area contributed by atoms with Crippen LogP contribution >= 0.6 is 28.1 Å². The fraction of sp³-hybridized carbons (Fsp3) is 0.235. The van der Waals surface area contributed by atoms with Crippen molar-refractivity contribution >= 4 is 38.9 Å². The maximum atomic E-state index is 5.42. The Balaban J connectivity index is 2.01. The van der Waals surface area contributed by atoms with Gasteiger partial charge < -0.3 is 10.6 Å². The molecule has 0 aromatic heterocycles. The predicted octanol–water partition coefficient (Wildman–Crippen LogP) is 5.20. The van der Waals surface area contributed by atoms with E-state index in [1.54, 1.807) is 0 Å². The molecule has 0 saturated heterocycles. The van der Waals surface area contributed by atoms with E-state index in [0.29, 0.717) is 5.11 Å². The van der Waals surface area contributed by atoms with Crippen molar-refractivity contribution in [3.63, 3.8) is 0 Å². The van der Waals surface area contributed by atoms with Crippen molar-refractivity contribution in [1.29, 1.82) is 0 Å². The Kier molecular flexibility index (Phi) is 5.76. The number of benzene rings is 2. The minimum atomic E-state index is 0.225. The molecule has 0 unspecified atom stereocenters. The van der Waals surface area contributed by atoms with E-state index in [0.717, 1.165) is 16.6 Å². The molecule has 0 fully saturated rings. The molecule has 0 amide bonds. The van der Waals surface area contributed by atoms with E-state index >= 15 is 0 Å². The monoisotopic (exact) mass is 362 g/mol. The van der Waals surface area contributed by atoms with Crippen LogP contribution in [-0.2, 0) is 0 Å². The topological polar surface area (TPSA) is 24.1 Å². The Morgan fingerprint density at radius 3 is 2.52 bits per heavy atom. The molecule has 1 atom stereocenters. The van der Waals surface area contributed by atoms with Gasteiger partial charge in [0.1, 0.15) is 0 Å². The normalized spacial score (nSPS) is 11.8. The molecule has 0 aliphatic carbocycles. The Morgan fingerprint density at radius 2 is 1.90 bits per heavy atom. The van der Waals surface area contributed by atoms with Crippen LogP contribution in [0.1, 0.15) is 30.5 Å². The van der Waals surface area contributed by atoms with Crippen LogP contribution in [0, 0.1) is 6.92 Å². The summed E-state index contributed by atoms with van der Waals surface area (Å²) in [5, 5.41) is 7.26. The summed E-state index contributed by atoms with van der Waals surface area (Å²) in [5.41, 5.74) is 3.42. The molecule has 0 heterocycles. The summed E-state index contributed by atoms with van der Waals surface area (Å²) in [6.45, 7) is 4.21. The lowest BCUT2D eigenvalue weighted by Gasteiger charge is -2.20. The highest BCUT2D eigenvalue weighted by molar-refractivity contribution is 9.10. The molecular formula is C17H19BrN2S. The fourth-order valence-corrected chi connectivity index (χ4v) is 2.66. The van der Waals surface area contributed by atoms with Crippen LogP contribution in [0.25, 0.3) is 0 Å². The highest BCUT2D eigenvalue weighted by Crippen LogP contribution is 2.20. The standard InChI is InChI=1S/C17H19BrN2S/c1-3-16(13-7-5-4-6-8-13)20-17(21)19-14-9-10-15(18)12(2)11-14/h4-11,16H,3H2,1-2H3,(H2,19,20,21)/t16-/m1/s1. The minimum Gasteiger partial charge on any atom is -0.356 e. The van der Waals surface area contributed by atoms with Crippen LogP contribution in [0.5, 0.6) is 0 Å². The number of thiocarbonyl (C=S) groups is 1. The molecule has 0 bridgehead atoms. The smallest absolute Gasteiger partial charge is 0.171 e. The summed E-state index contributed by atoms with van der Waals surface area (Å²) in [6, 6.07) is 16.7. The molecule has 0 aliphatic rings. The molecule has 2 nitrogen and oxygen atoms in total. The first-order valence-corrected chi connectivity index (χ1v) is 8.19. The van der Waals surface area contributed by atoms with Crippen molar-refractivity contribution in [3.05, 3.63) is 64.1 Å². The number of nitrogens with one attached hydrogen (secondary N) is 2. The zero-order valence-electron chi connectivity index (χ0n) is 12.2. The van der Waals surface area contributed by atoms with Crippen molar-refractivity contribution in [1.82, 2.24) is 5.32 Å². The number of hydrogen-bond acceptors (Lipinski definition) is 1. The number of anilines is 1. The van der Waals surface area contributed by atoms with Gasteiger partial charge in [0.05, 0.1) is 6.04 Å². The van der Waals surface area contributed by atoms with Crippen LogP contribution in [-0.4, -0.2) is 5.11 Å². The van der Waals surface area contributed by atoms with Gasteiger partial charge in [-0.05, 0) is 54.9 Å². The Morgan fingerprint density at radius 1 is 1.19 bits per heavy atom. The van der Waals surface area contributed by atoms with Crippen LogP contribution in [0.3, 0.4) is 0 Å². The zero-order valence-corrected chi connectivity index (χ0v) is 14.6. The fourth-order valence-electron chi connectivity index (χ4n) is 2.15. The van der Waals surface area contributed by atoms with E-state index < -0.39 is 0 Å². The summed E-state index contributed by atoms with van der Waals surface area (Å²) in [4.78, 5) is 0. The minimum absolute atomic E-state index is 0.225. The van der Waals surface area contributed by atoms with Gasteiger partial charge in [0.15, 0.2) is 5.11 Å². The van der Waals surface area contributed by atoms with Gasteiger partial charge >= 0.3 is 0 Å². The number of hydrogen-bond donors (Lipinski definition) is 2. The maximum absolute atomic E-state index is 5.42. The van der Waals surface area contributed by atoms with E-state index in [9.17, 15) is 0 Å². The molecule has 0 radical (unpaired) electrons. The van der Waals surface area contributed by atoms with Crippen LogP contribution in [0.4, 0.5) is 5.69 Å². The maximum Gasteiger partial charge on any atom is 0.171 e. The first-order chi connectivity index (χ1) is 10.1. The third-order valence-corrected chi connectivity index (χ3v) is 4.44. The van der Waals surface area contributed by atoms with Gasteiger partial charge in [-0.25, -0.2) is 0 Å². The molecule has 21 heavy (non-hydrogen) atoms. The van der Waals surface area contributed by atoms with E-state index in [-0.39, 0.29) is 6.04 Å². The first kappa shape index (κ1) is 16.0. The number of halogens is 1. The first-order valence-electron chi connectivity index (χ1n) is 6.98. The van der Waals surface area contributed by atoms with Gasteiger partial charge in [0.25, 0.3) is 0 Å². The molecule has 2 aromatic carbocycles. The lowest BCUT2D eigenvalue weighted by atomic mass is 10.1. The lowest BCUT2D eigenvalue weighted by Crippen LogP contribution is -2.32. The molecule has 110 valence electrons. The predicted molar refractivity (Wildman–Crippen MR) is 97.7 cm³/mol. The van der Waals surface area contributed by atoms with Crippen molar-refractivity contribution in [3.8, 4) is 0 Å². The number of rotatable bonds is 4.